The summed E-state index contributed by atoms with van der Waals surface area (Å²) < 4.78 is 60.3. The number of ether oxygens (including phenoxy) is 1. The number of amides is 3. The number of aryl methyl sites for hydroxylation is 1. The van der Waals surface area contributed by atoms with E-state index >= 15 is 0 Å². The van der Waals surface area contributed by atoms with Gasteiger partial charge in [-0.05, 0) is 36.2 Å². The van der Waals surface area contributed by atoms with E-state index in [9.17, 15) is 22.8 Å². The summed E-state index contributed by atoms with van der Waals surface area (Å²) in [6.45, 7) is 2.71. The molecule has 0 aromatic heterocycles. The Kier molecular flexibility index (Phi) is 4.37. The van der Waals surface area contributed by atoms with E-state index in [4.69, 9.17) is 10.2 Å². The minimum Gasteiger partial charge on any atom is -0.496 e. The number of rotatable bonds is 6. The maximum Gasteiger partial charge on any atom is 0.264 e. The normalized spacial score (nSPS) is 17.9. The van der Waals surface area contributed by atoms with Crippen molar-refractivity contribution in [3.8, 4) is 5.75 Å². The third-order valence-electron chi connectivity index (χ3n) is 4.51. The Bertz CT molecular complexity index is 1310. The second-order valence-electron chi connectivity index (χ2n) is 6.95. The molecule has 30 heavy (non-hydrogen) atoms. The lowest BCUT2D eigenvalue weighted by Crippen LogP contribution is -2.37. The maximum atomic E-state index is 13.4. The van der Waals surface area contributed by atoms with E-state index in [0.717, 1.165) is 6.26 Å². The zero-order valence-electron chi connectivity index (χ0n) is 20.5. The summed E-state index contributed by atoms with van der Waals surface area (Å²) in [5.74, 6) is -3.27. The van der Waals surface area contributed by atoms with Gasteiger partial charge in [-0.25, -0.2) is 8.42 Å². The van der Waals surface area contributed by atoms with Crippen molar-refractivity contribution in [2.75, 3.05) is 24.4 Å². The van der Waals surface area contributed by atoms with Crippen molar-refractivity contribution in [1.29, 1.82) is 0 Å². The molecule has 3 rings (SSSR count). The van der Waals surface area contributed by atoms with Crippen LogP contribution in [-0.4, -0.2) is 50.1 Å². The topological polar surface area (TPSA) is 110 Å². The predicted molar refractivity (Wildman–Crippen MR) is 111 cm³/mol. The Morgan fingerprint density at radius 3 is 2.60 bits per heavy atom. The fourth-order valence-electron chi connectivity index (χ4n) is 3.29. The molecule has 1 N–H and O–H groups in total. The fourth-order valence-corrected chi connectivity index (χ4v) is 4.09. The molecule has 0 fully saturated rings. The molecule has 0 saturated carbocycles. The minimum absolute atomic E-state index is 0.0271. The Morgan fingerprint density at radius 1 is 1.27 bits per heavy atom. The van der Waals surface area contributed by atoms with Crippen molar-refractivity contribution < 1.29 is 33.0 Å². The zero-order valence-corrected chi connectivity index (χ0v) is 17.3. The standard InChI is InChI=1S/C21H22N2O6S/c1-12-10-14(8-9-18(12)29-3)17(11-30(4,27)28)23-20(25)15-6-5-7-16(22-13(2)24)19(15)21(23)26/h5-10,17H,11H2,1-4H3,(H,22,24)/t17-/m1/s1/i3D3,17D. The van der Waals surface area contributed by atoms with Crippen molar-refractivity contribution in [2.45, 2.75) is 19.9 Å². The molecule has 1 aliphatic heterocycles. The molecule has 0 unspecified atom stereocenters. The molecule has 1 heterocycles. The number of carbonyl (C=O) groups excluding carboxylic acids is 3. The molecule has 2 aromatic carbocycles. The minimum atomic E-state index is -3.91. The van der Waals surface area contributed by atoms with Gasteiger partial charge in [0.05, 0.1) is 41.1 Å². The number of hydrogen-bond donors (Lipinski definition) is 1. The van der Waals surface area contributed by atoms with Crippen LogP contribution < -0.4 is 10.1 Å². The third-order valence-corrected chi connectivity index (χ3v) is 5.31. The SMILES string of the molecule is [2H]C([2H])([2H])Oc1ccc([C@@]([2H])(CS(C)(=O)=O)N2C(=O)c3cccc(NC(C)=O)c3C2=O)cc1C. The van der Waals surface area contributed by atoms with Gasteiger partial charge in [0.1, 0.15) is 15.6 Å². The number of methoxy groups -OCH3 is 1. The highest BCUT2D eigenvalue weighted by atomic mass is 32.2. The van der Waals surface area contributed by atoms with Crippen molar-refractivity contribution in [2.24, 2.45) is 0 Å². The van der Waals surface area contributed by atoms with E-state index in [0.29, 0.717) is 4.90 Å². The summed E-state index contributed by atoms with van der Waals surface area (Å²) in [6.07, 6.45) is 0.871. The van der Waals surface area contributed by atoms with Crippen LogP contribution >= 0.6 is 0 Å². The van der Waals surface area contributed by atoms with Crippen molar-refractivity contribution in [1.82, 2.24) is 4.90 Å². The maximum absolute atomic E-state index is 13.4. The second-order valence-corrected chi connectivity index (χ2v) is 9.09. The van der Waals surface area contributed by atoms with Crippen molar-refractivity contribution in [3.63, 3.8) is 0 Å². The smallest absolute Gasteiger partial charge is 0.264 e. The number of fused-ring (bicyclic) bond motifs is 1. The van der Waals surface area contributed by atoms with E-state index in [1.54, 1.807) is 0 Å². The molecular formula is C21H22N2O6S. The summed E-state index contributed by atoms with van der Waals surface area (Å²) in [4.78, 5) is 38.8. The highest BCUT2D eigenvalue weighted by molar-refractivity contribution is 7.90. The molecule has 1 atom stereocenters. The van der Waals surface area contributed by atoms with Gasteiger partial charge in [0.2, 0.25) is 5.91 Å². The third kappa shape index (κ3) is 4.06. The Hall–Kier alpha value is -3.20. The molecule has 0 saturated heterocycles. The quantitative estimate of drug-likeness (QED) is 0.699. The van der Waals surface area contributed by atoms with E-state index < -0.39 is 46.4 Å². The lowest BCUT2D eigenvalue weighted by atomic mass is 10.0. The van der Waals surface area contributed by atoms with Crippen LogP contribution in [0, 0.1) is 6.92 Å². The number of sulfone groups is 1. The van der Waals surface area contributed by atoms with Crippen molar-refractivity contribution >= 4 is 33.2 Å². The molecule has 1 aliphatic rings. The Balaban J connectivity index is 2.17. The number of benzene rings is 2. The van der Waals surface area contributed by atoms with Crippen LogP contribution in [0.3, 0.4) is 0 Å². The van der Waals surface area contributed by atoms with Crippen LogP contribution in [0.4, 0.5) is 5.69 Å². The molecule has 9 heteroatoms. The van der Waals surface area contributed by atoms with Crippen molar-refractivity contribution in [3.05, 3.63) is 58.7 Å². The molecule has 0 aliphatic carbocycles. The van der Waals surface area contributed by atoms with Crippen LogP contribution in [0.25, 0.3) is 0 Å². The van der Waals surface area contributed by atoms with E-state index in [1.165, 1.54) is 50.2 Å². The first kappa shape index (κ1) is 16.6. The van der Waals surface area contributed by atoms with Gasteiger partial charge in [0, 0.05) is 13.2 Å². The van der Waals surface area contributed by atoms with Gasteiger partial charge in [-0.1, -0.05) is 18.2 Å². The average Bonchev–Trinajstić information content (AvgIpc) is 2.92. The molecule has 0 spiro atoms. The lowest BCUT2D eigenvalue weighted by molar-refractivity contribution is -0.114. The predicted octanol–water partition coefficient (Wildman–Crippen LogP) is 2.34. The molecule has 0 bridgehead atoms. The highest BCUT2D eigenvalue weighted by Crippen LogP contribution is 2.36. The number of hydrogen-bond acceptors (Lipinski definition) is 6. The first-order chi connectivity index (χ1) is 15.5. The Morgan fingerprint density at radius 2 is 2.00 bits per heavy atom. The number of anilines is 1. The van der Waals surface area contributed by atoms with E-state index in [-0.39, 0.29) is 33.7 Å². The van der Waals surface area contributed by atoms with Gasteiger partial charge >= 0.3 is 0 Å². The first-order valence-electron chi connectivity index (χ1n) is 10.8. The number of nitrogens with one attached hydrogen (secondary N) is 1. The summed E-state index contributed by atoms with van der Waals surface area (Å²) >= 11 is 0. The summed E-state index contributed by atoms with van der Waals surface area (Å²) in [6, 6.07) is 5.61. The van der Waals surface area contributed by atoms with Gasteiger partial charge < -0.3 is 10.1 Å². The largest absolute Gasteiger partial charge is 0.496 e. The number of carbonyl (C=O) groups is 3. The van der Waals surface area contributed by atoms with Crippen LogP contribution in [0.5, 0.6) is 5.75 Å². The zero-order chi connectivity index (χ0) is 25.6. The number of imide groups is 1. The average molecular weight is 435 g/mol. The van der Waals surface area contributed by atoms with Gasteiger partial charge in [-0.15, -0.1) is 0 Å². The van der Waals surface area contributed by atoms with Gasteiger partial charge in [0.25, 0.3) is 11.8 Å². The second kappa shape index (κ2) is 7.91. The van der Waals surface area contributed by atoms with Crippen LogP contribution in [0.1, 0.15) is 50.3 Å². The summed E-state index contributed by atoms with van der Waals surface area (Å²) in [5, 5.41) is 2.47. The Labute approximate surface area is 180 Å². The van der Waals surface area contributed by atoms with Gasteiger partial charge in [0.15, 0.2) is 0 Å². The fraction of sp³-hybridized carbons (Fsp3) is 0.286. The summed E-state index contributed by atoms with van der Waals surface area (Å²) in [7, 11) is -6.64. The first-order valence-corrected chi connectivity index (χ1v) is 10.9. The van der Waals surface area contributed by atoms with Crippen LogP contribution in [0.15, 0.2) is 36.4 Å². The van der Waals surface area contributed by atoms with Crippen LogP contribution in [0.2, 0.25) is 0 Å². The van der Waals surface area contributed by atoms with E-state index in [1.807, 2.05) is 0 Å². The molecule has 8 nitrogen and oxygen atoms in total. The lowest BCUT2D eigenvalue weighted by Gasteiger charge is -2.26. The van der Waals surface area contributed by atoms with Crippen LogP contribution in [-0.2, 0) is 14.6 Å². The highest BCUT2D eigenvalue weighted by Gasteiger charge is 2.43. The molecular weight excluding hydrogens is 408 g/mol. The van der Waals surface area contributed by atoms with Gasteiger partial charge in [-0.2, -0.15) is 0 Å². The molecule has 3 amide bonds. The van der Waals surface area contributed by atoms with Gasteiger partial charge in [-0.3, -0.25) is 19.3 Å². The monoisotopic (exact) mass is 434 g/mol. The molecule has 0 radical (unpaired) electrons. The molecule has 2 aromatic rings. The summed E-state index contributed by atoms with van der Waals surface area (Å²) in [5.41, 5.74) is 0.0516. The van der Waals surface area contributed by atoms with E-state index in [2.05, 4.69) is 5.32 Å². The number of nitrogens with zero attached hydrogens (tertiary/aromatic N) is 1. The molecule has 158 valence electrons.